The van der Waals surface area contributed by atoms with Gasteiger partial charge in [0.25, 0.3) is 0 Å². The Balaban J connectivity index is 1.87. The molecule has 1 N–H and O–H groups in total. The van der Waals surface area contributed by atoms with E-state index in [1.165, 1.54) is 12.0 Å². The van der Waals surface area contributed by atoms with Crippen molar-refractivity contribution in [3.05, 3.63) is 83.7 Å². The summed E-state index contributed by atoms with van der Waals surface area (Å²) in [5.41, 5.74) is 2.89. The fourth-order valence-corrected chi connectivity index (χ4v) is 3.51. The van der Waals surface area contributed by atoms with Gasteiger partial charge in [0, 0.05) is 18.3 Å². The maximum atomic E-state index is 13.1. The van der Waals surface area contributed by atoms with E-state index in [4.69, 9.17) is 9.47 Å². The van der Waals surface area contributed by atoms with Crippen LogP contribution in [-0.4, -0.2) is 47.1 Å². The number of nitrogens with zero attached hydrogens (tertiary/aromatic N) is 2. The molecule has 0 saturated carbocycles. The monoisotopic (exact) mass is 489 g/mol. The van der Waals surface area contributed by atoms with E-state index in [0.29, 0.717) is 5.56 Å². The third-order valence-corrected chi connectivity index (χ3v) is 5.09. The predicted octanol–water partition coefficient (Wildman–Crippen LogP) is 5.22. The summed E-state index contributed by atoms with van der Waals surface area (Å²) in [5.74, 6) is -1.20. The second-order valence-electron chi connectivity index (χ2n) is 9.35. The van der Waals surface area contributed by atoms with Crippen LogP contribution in [0.1, 0.15) is 42.4 Å². The van der Waals surface area contributed by atoms with Crippen LogP contribution in [0.5, 0.6) is 0 Å². The Kier molecular flexibility index (Phi) is 8.42. The van der Waals surface area contributed by atoms with Gasteiger partial charge in [0.15, 0.2) is 5.69 Å². The topological polar surface area (TPSA) is 97.8 Å². The molecule has 2 amide bonds. The molecule has 3 aromatic rings. The van der Waals surface area contributed by atoms with Gasteiger partial charge >= 0.3 is 12.1 Å². The molecule has 0 fully saturated rings. The molecule has 0 radical (unpaired) electrons. The van der Waals surface area contributed by atoms with Gasteiger partial charge in [-0.15, -0.1) is 0 Å². The lowest BCUT2D eigenvalue weighted by Crippen LogP contribution is -2.41. The number of methoxy groups -OCH3 is 1. The third-order valence-electron chi connectivity index (χ3n) is 5.09. The van der Waals surface area contributed by atoms with Gasteiger partial charge in [-0.1, -0.05) is 60.2 Å². The molecule has 36 heavy (non-hydrogen) atoms. The number of benzene rings is 2. The van der Waals surface area contributed by atoms with Crippen LogP contribution in [0, 0.1) is 6.92 Å². The highest BCUT2D eigenvalue weighted by molar-refractivity contribution is 6.01. The van der Waals surface area contributed by atoms with Crippen molar-refractivity contribution >= 4 is 23.7 Å². The van der Waals surface area contributed by atoms with Crippen molar-refractivity contribution in [1.82, 2.24) is 9.88 Å². The number of aryl methyl sites for hydroxylation is 1. The van der Waals surface area contributed by atoms with Crippen LogP contribution < -0.4 is 5.32 Å². The Morgan fingerprint density at radius 3 is 2.33 bits per heavy atom. The number of rotatable bonds is 7. The first-order valence-electron chi connectivity index (χ1n) is 11.5. The Morgan fingerprint density at radius 2 is 1.69 bits per heavy atom. The lowest BCUT2D eigenvalue weighted by Gasteiger charge is -2.27. The van der Waals surface area contributed by atoms with Crippen molar-refractivity contribution in [3.63, 3.8) is 0 Å². The highest BCUT2D eigenvalue weighted by Gasteiger charge is 2.25. The number of hydrogen-bond donors (Lipinski definition) is 1. The quantitative estimate of drug-likeness (QED) is 0.457. The maximum Gasteiger partial charge on any atom is 0.411 e. The van der Waals surface area contributed by atoms with Crippen LogP contribution in [0.2, 0.25) is 0 Å². The molecule has 2 aromatic carbocycles. The fourth-order valence-electron chi connectivity index (χ4n) is 3.51. The summed E-state index contributed by atoms with van der Waals surface area (Å²) in [7, 11) is 1.24. The molecule has 0 aliphatic heterocycles. The van der Waals surface area contributed by atoms with Crippen molar-refractivity contribution in [2.24, 2.45) is 0 Å². The van der Waals surface area contributed by atoms with Crippen molar-refractivity contribution in [2.45, 2.75) is 39.8 Å². The van der Waals surface area contributed by atoms with E-state index in [1.807, 2.05) is 61.5 Å². The van der Waals surface area contributed by atoms with E-state index in [1.54, 1.807) is 33.0 Å². The molecule has 0 spiro atoms. The summed E-state index contributed by atoms with van der Waals surface area (Å²) >= 11 is 0. The first kappa shape index (κ1) is 26.4. The minimum atomic E-state index is -0.732. The number of ether oxygens (including phenoxy) is 2. The molecule has 8 heteroatoms. The third kappa shape index (κ3) is 7.40. The molecule has 1 aromatic heterocycles. The van der Waals surface area contributed by atoms with Crippen molar-refractivity contribution in [2.75, 3.05) is 19.0 Å². The molecule has 0 unspecified atom stereocenters. The van der Waals surface area contributed by atoms with Gasteiger partial charge in [-0.3, -0.25) is 9.69 Å². The molecule has 0 saturated heterocycles. The fraction of sp³-hybridized carbons (Fsp3) is 0.286. The number of nitrogens with one attached hydrogen (secondary N) is 1. The van der Waals surface area contributed by atoms with Crippen LogP contribution in [0.3, 0.4) is 0 Å². The van der Waals surface area contributed by atoms with E-state index in [0.717, 1.165) is 16.7 Å². The normalized spacial score (nSPS) is 10.9. The largest absolute Gasteiger partial charge is 0.464 e. The van der Waals surface area contributed by atoms with Gasteiger partial charge in [0.2, 0.25) is 5.91 Å². The number of amides is 2. The molecular formula is C28H31N3O5. The summed E-state index contributed by atoms with van der Waals surface area (Å²) in [6.45, 7) is 7.13. The molecule has 0 aliphatic rings. The van der Waals surface area contributed by atoms with Gasteiger partial charge < -0.3 is 14.8 Å². The number of carbonyl (C=O) groups is 3. The zero-order chi connectivity index (χ0) is 26.3. The van der Waals surface area contributed by atoms with Crippen molar-refractivity contribution in [1.29, 1.82) is 0 Å². The second kappa shape index (κ2) is 11.5. The average Bonchev–Trinajstić information content (AvgIpc) is 2.82. The smallest absolute Gasteiger partial charge is 0.411 e. The Labute approximate surface area is 211 Å². The van der Waals surface area contributed by atoms with Gasteiger partial charge in [-0.25, -0.2) is 14.6 Å². The first-order valence-corrected chi connectivity index (χ1v) is 11.5. The highest BCUT2D eigenvalue weighted by atomic mass is 16.6. The van der Waals surface area contributed by atoms with Crippen molar-refractivity contribution < 1.29 is 23.9 Å². The van der Waals surface area contributed by atoms with Crippen LogP contribution in [-0.2, 0) is 20.8 Å². The predicted molar refractivity (Wildman–Crippen MR) is 137 cm³/mol. The maximum absolute atomic E-state index is 13.1. The number of carbonyl (C=O) groups excluding carboxylic acids is 3. The molecule has 0 bridgehead atoms. The van der Waals surface area contributed by atoms with Crippen LogP contribution >= 0.6 is 0 Å². The Morgan fingerprint density at radius 1 is 0.972 bits per heavy atom. The van der Waals surface area contributed by atoms with Gasteiger partial charge in [-0.2, -0.15) is 0 Å². The molecule has 0 atom stereocenters. The number of aromatic nitrogens is 1. The van der Waals surface area contributed by atoms with Gasteiger partial charge in [0.1, 0.15) is 12.1 Å². The first-order chi connectivity index (χ1) is 17.1. The van der Waals surface area contributed by atoms with Gasteiger partial charge in [0.05, 0.1) is 12.8 Å². The zero-order valence-electron chi connectivity index (χ0n) is 21.2. The van der Waals surface area contributed by atoms with Crippen molar-refractivity contribution in [3.8, 4) is 11.1 Å². The van der Waals surface area contributed by atoms with E-state index >= 15 is 0 Å². The molecule has 188 valence electrons. The van der Waals surface area contributed by atoms with E-state index in [2.05, 4.69) is 10.3 Å². The lowest BCUT2D eigenvalue weighted by molar-refractivity contribution is -0.117. The molecule has 3 rings (SSSR count). The summed E-state index contributed by atoms with van der Waals surface area (Å²) in [4.78, 5) is 43.9. The summed E-state index contributed by atoms with van der Waals surface area (Å²) in [6, 6.07) is 18.8. The summed E-state index contributed by atoms with van der Waals surface area (Å²) in [6.07, 6.45) is 0.922. The summed E-state index contributed by atoms with van der Waals surface area (Å²) in [5, 5.41) is 2.73. The molecular weight excluding hydrogens is 458 g/mol. The SMILES string of the molecule is COC(=O)c1ncc(-c2ccccc2)cc1NC(=O)CN(Cc1cccc(C)c1)C(=O)OC(C)(C)C. The van der Waals surface area contributed by atoms with E-state index < -0.39 is 23.6 Å². The Bertz CT molecular complexity index is 1240. The second-order valence-corrected chi connectivity index (χ2v) is 9.35. The lowest BCUT2D eigenvalue weighted by atomic mass is 10.1. The standard InChI is InChI=1S/C28H31N3O5/c1-19-10-9-11-20(14-19)17-31(27(34)36-28(2,3)4)18-24(32)30-23-15-22(21-12-7-6-8-13-21)16-29-25(23)26(33)35-5/h6-16H,17-18H2,1-5H3,(H,30,32). The number of anilines is 1. The molecule has 8 nitrogen and oxygen atoms in total. The zero-order valence-corrected chi connectivity index (χ0v) is 21.2. The van der Waals surface area contributed by atoms with E-state index in [9.17, 15) is 14.4 Å². The van der Waals surface area contributed by atoms with Gasteiger partial charge in [-0.05, 0) is 44.9 Å². The molecule has 1 heterocycles. The molecule has 0 aliphatic carbocycles. The van der Waals surface area contributed by atoms with E-state index in [-0.39, 0.29) is 24.5 Å². The average molecular weight is 490 g/mol. The summed E-state index contributed by atoms with van der Waals surface area (Å²) < 4.78 is 10.4. The highest BCUT2D eigenvalue weighted by Crippen LogP contribution is 2.25. The number of esters is 1. The van der Waals surface area contributed by atoms with Crippen LogP contribution in [0.15, 0.2) is 66.9 Å². The minimum absolute atomic E-state index is 0.0342. The Hall–Kier alpha value is -4.20. The number of hydrogen-bond acceptors (Lipinski definition) is 6. The number of pyridine rings is 1. The minimum Gasteiger partial charge on any atom is -0.464 e. The van der Waals surface area contributed by atoms with Crippen LogP contribution in [0.4, 0.5) is 10.5 Å². The van der Waals surface area contributed by atoms with Crippen LogP contribution in [0.25, 0.3) is 11.1 Å².